The number of ether oxygens (including phenoxy) is 1. The van der Waals surface area contributed by atoms with Crippen molar-refractivity contribution in [1.82, 2.24) is 10.6 Å². The molecule has 5 heteroatoms. The normalized spacial score (nSPS) is 15.5. The second-order valence-corrected chi connectivity index (χ2v) is 6.58. The van der Waals surface area contributed by atoms with E-state index < -0.39 is 5.60 Å². The van der Waals surface area contributed by atoms with E-state index in [0.717, 1.165) is 32.6 Å². The largest absolute Gasteiger partial charge is 0.444 e. The number of carbonyl (C=O) groups is 1. The molecule has 1 aliphatic rings. The first kappa shape index (κ1) is 16.6. The summed E-state index contributed by atoms with van der Waals surface area (Å²) in [4.78, 5) is 14.0. The summed E-state index contributed by atoms with van der Waals surface area (Å²) in [7, 11) is 0. The second-order valence-electron chi connectivity index (χ2n) is 6.58. The molecule has 0 spiro atoms. The molecule has 1 amide bonds. The highest BCUT2D eigenvalue weighted by Crippen LogP contribution is 2.16. The third-order valence-corrected chi connectivity index (χ3v) is 3.50. The van der Waals surface area contributed by atoms with Gasteiger partial charge in [-0.05, 0) is 44.9 Å². The Labute approximate surface area is 133 Å². The number of hydrogen-bond donors (Lipinski definition) is 2. The fourth-order valence-electron chi connectivity index (χ4n) is 2.42. The molecule has 0 aromatic heterocycles. The van der Waals surface area contributed by atoms with Crippen LogP contribution in [0.15, 0.2) is 24.3 Å². The van der Waals surface area contributed by atoms with Gasteiger partial charge in [0.05, 0.1) is 0 Å². The van der Waals surface area contributed by atoms with Crippen LogP contribution in [0.5, 0.6) is 0 Å². The van der Waals surface area contributed by atoms with Crippen LogP contribution in [0.4, 0.5) is 10.5 Å². The number of benzene rings is 1. The number of rotatable bonds is 4. The van der Waals surface area contributed by atoms with Gasteiger partial charge in [-0.1, -0.05) is 12.1 Å². The zero-order valence-corrected chi connectivity index (χ0v) is 13.8. The van der Waals surface area contributed by atoms with Crippen molar-refractivity contribution >= 4 is 11.8 Å². The van der Waals surface area contributed by atoms with E-state index in [-0.39, 0.29) is 6.09 Å². The molecule has 122 valence electrons. The predicted molar refractivity (Wildman–Crippen MR) is 89.5 cm³/mol. The molecule has 0 aliphatic carbocycles. The number of piperazine rings is 1. The van der Waals surface area contributed by atoms with Gasteiger partial charge in [0.25, 0.3) is 0 Å². The third kappa shape index (κ3) is 5.56. The summed E-state index contributed by atoms with van der Waals surface area (Å²) in [6.07, 6.45) is 0.450. The summed E-state index contributed by atoms with van der Waals surface area (Å²) in [5, 5.41) is 6.14. The van der Waals surface area contributed by atoms with Crippen molar-refractivity contribution in [2.45, 2.75) is 32.8 Å². The van der Waals surface area contributed by atoms with E-state index in [2.05, 4.69) is 39.8 Å². The van der Waals surface area contributed by atoms with Crippen molar-refractivity contribution in [2.75, 3.05) is 37.6 Å². The van der Waals surface area contributed by atoms with E-state index in [4.69, 9.17) is 4.74 Å². The van der Waals surface area contributed by atoms with Crippen LogP contribution in [-0.4, -0.2) is 44.4 Å². The van der Waals surface area contributed by atoms with Gasteiger partial charge in [-0.3, -0.25) is 0 Å². The molecule has 1 aromatic carbocycles. The van der Waals surface area contributed by atoms with Gasteiger partial charge in [-0.2, -0.15) is 0 Å². The first-order valence-electron chi connectivity index (χ1n) is 7.95. The Morgan fingerprint density at radius 1 is 1.23 bits per heavy atom. The van der Waals surface area contributed by atoms with Crippen molar-refractivity contribution in [3.63, 3.8) is 0 Å². The van der Waals surface area contributed by atoms with Gasteiger partial charge < -0.3 is 20.3 Å². The maximum absolute atomic E-state index is 11.6. The summed E-state index contributed by atoms with van der Waals surface area (Å²) >= 11 is 0. The number of amides is 1. The first-order chi connectivity index (χ1) is 10.4. The van der Waals surface area contributed by atoms with Crippen LogP contribution >= 0.6 is 0 Å². The van der Waals surface area contributed by atoms with Crippen LogP contribution in [0.25, 0.3) is 0 Å². The van der Waals surface area contributed by atoms with Gasteiger partial charge in [0, 0.05) is 38.4 Å². The predicted octanol–water partition coefficient (Wildman–Crippen LogP) is 2.16. The van der Waals surface area contributed by atoms with E-state index in [1.165, 1.54) is 11.3 Å². The highest BCUT2D eigenvalue weighted by molar-refractivity contribution is 5.67. The zero-order chi connectivity index (χ0) is 16.0. The number of anilines is 1. The molecule has 2 rings (SSSR count). The SMILES string of the molecule is CC(C)(C)OC(=O)NCCc1ccc(N2CCNCC2)cc1. The molecule has 1 heterocycles. The number of alkyl carbamates (subject to hydrolysis) is 1. The number of hydrogen-bond acceptors (Lipinski definition) is 4. The van der Waals surface area contributed by atoms with Crippen molar-refractivity contribution in [3.8, 4) is 0 Å². The molecule has 0 atom stereocenters. The Bertz CT molecular complexity index is 474. The monoisotopic (exact) mass is 305 g/mol. The molecule has 1 aliphatic heterocycles. The molecule has 0 radical (unpaired) electrons. The Hall–Kier alpha value is -1.75. The van der Waals surface area contributed by atoms with Crippen LogP contribution in [-0.2, 0) is 11.2 Å². The minimum absolute atomic E-state index is 0.357. The summed E-state index contributed by atoms with van der Waals surface area (Å²) < 4.78 is 5.21. The highest BCUT2D eigenvalue weighted by atomic mass is 16.6. The number of nitrogens with one attached hydrogen (secondary N) is 2. The average molecular weight is 305 g/mol. The minimum Gasteiger partial charge on any atom is -0.444 e. The Morgan fingerprint density at radius 3 is 2.45 bits per heavy atom. The number of nitrogens with zero attached hydrogens (tertiary/aromatic N) is 1. The fourth-order valence-corrected chi connectivity index (χ4v) is 2.42. The van der Waals surface area contributed by atoms with Gasteiger partial charge in [0.2, 0.25) is 0 Å². The molecule has 22 heavy (non-hydrogen) atoms. The standard InChI is InChI=1S/C17H27N3O2/c1-17(2,3)22-16(21)19-9-8-14-4-6-15(7-5-14)20-12-10-18-11-13-20/h4-7,18H,8-13H2,1-3H3,(H,19,21). The topological polar surface area (TPSA) is 53.6 Å². The molecular weight excluding hydrogens is 278 g/mol. The zero-order valence-electron chi connectivity index (χ0n) is 13.8. The van der Waals surface area contributed by atoms with Gasteiger partial charge in [-0.15, -0.1) is 0 Å². The number of carbonyl (C=O) groups excluding carboxylic acids is 1. The van der Waals surface area contributed by atoms with E-state index in [0.29, 0.717) is 6.54 Å². The maximum atomic E-state index is 11.6. The maximum Gasteiger partial charge on any atom is 0.407 e. The summed E-state index contributed by atoms with van der Waals surface area (Å²) in [6, 6.07) is 8.59. The van der Waals surface area contributed by atoms with Gasteiger partial charge >= 0.3 is 6.09 Å². The van der Waals surface area contributed by atoms with E-state index >= 15 is 0 Å². The molecule has 0 unspecified atom stereocenters. The molecule has 1 fully saturated rings. The Kier molecular flexibility index (Phi) is 5.66. The molecule has 0 saturated carbocycles. The summed E-state index contributed by atoms with van der Waals surface area (Å²) in [5.74, 6) is 0. The minimum atomic E-state index is -0.449. The van der Waals surface area contributed by atoms with E-state index in [1.807, 2.05) is 20.8 Å². The highest BCUT2D eigenvalue weighted by Gasteiger charge is 2.15. The summed E-state index contributed by atoms with van der Waals surface area (Å²) in [6.45, 7) is 10.4. The van der Waals surface area contributed by atoms with E-state index in [9.17, 15) is 4.79 Å². The Morgan fingerprint density at radius 2 is 1.86 bits per heavy atom. The quantitative estimate of drug-likeness (QED) is 0.895. The summed E-state index contributed by atoms with van der Waals surface area (Å²) in [5.41, 5.74) is 2.04. The first-order valence-corrected chi connectivity index (χ1v) is 7.95. The van der Waals surface area contributed by atoms with Crippen molar-refractivity contribution in [3.05, 3.63) is 29.8 Å². The van der Waals surface area contributed by atoms with Crippen molar-refractivity contribution in [2.24, 2.45) is 0 Å². The lowest BCUT2D eigenvalue weighted by atomic mass is 10.1. The smallest absolute Gasteiger partial charge is 0.407 e. The fraction of sp³-hybridized carbons (Fsp3) is 0.588. The lowest BCUT2D eigenvalue weighted by Crippen LogP contribution is -2.43. The van der Waals surface area contributed by atoms with E-state index in [1.54, 1.807) is 0 Å². The van der Waals surface area contributed by atoms with Crippen LogP contribution in [0.2, 0.25) is 0 Å². The van der Waals surface area contributed by atoms with Gasteiger partial charge in [0.1, 0.15) is 5.60 Å². The van der Waals surface area contributed by atoms with Crippen molar-refractivity contribution in [1.29, 1.82) is 0 Å². The van der Waals surface area contributed by atoms with Crippen LogP contribution in [0.1, 0.15) is 26.3 Å². The van der Waals surface area contributed by atoms with Gasteiger partial charge in [-0.25, -0.2) is 4.79 Å². The Balaban J connectivity index is 1.75. The molecule has 5 nitrogen and oxygen atoms in total. The van der Waals surface area contributed by atoms with Gasteiger partial charge in [0.15, 0.2) is 0 Å². The molecule has 2 N–H and O–H groups in total. The lowest BCUT2D eigenvalue weighted by molar-refractivity contribution is 0.0528. The molecule has 1 aromatic rings. The third-order valence-electron chi connectivity index (χ3n) is 3.50. The van der Waals surface area contributed by atoms with Crippen LogP contribution in [0, 0.1) is 0 Å². The molecular formula is C17H27N3O2. The van der Waals surface area contributed by atoms with Crippen LogP contribution < -0.4 is 15.5 Å². The lowest BCUT2D eigenvalue weighted by Gasteiger charge is -2.29. The average Bonchev–Trinajstić information content (AvgIpc) is 2.47. The molecule has 0 bridgehead atoms. The molecule has 1 saturated heterocycles. The van der Waals surface area contributed by atoms with Crippen LogP contribution in [0.3, 0.4) is 0 Å². The van der Waals surface area contributed by atoms with Crippen molar-refractivity contribution < 1.29 is 9.53 Å². The second kappa shape index (κ2) is 7.49.